The van der Waals surface area contributed by atoms with Crippen molar-refractivity contribution in [2.24, 2.45) is 0 Å². The molecule has 172 valence electrons. The molecule has 6 heteroatoms. The molecule has 3 aromatic rings. The number of aromatic carboxylic acids is 1. The van der Waals surface area contributed by atoms with Crippen molar-refractivity contribution in [3.8, 4) is 11.5 Å². The molecule has 33 heavy (non-hydrogen) atoms. The third-order valence-corrected chi connectivity index (χ3v) is 6.14. The average Bonchev–Trinajstić information content (AvgIpc) is 3.35. The molecule has 1 aromatic heterocycles. The van der Waals surface area contributed by atoms with Gasteiger partial charge in [-0.2, -0.15) is 0 Å². The highest BCUT2D eigenvalue weighted by molar-refractivity contribution is 5.92. The molecule has 4 rings (SSSR count). The fourth-order valence-electron chi connectivity index (χ4n) is 4.50. The van der Waals surface area contributed by atoms with Gasteiger partial charge in [0.1, 0.15) is 0 Å². The summed E-state index contributed by atoms with van der Waals surface area (Å²) in [5.41, 5.74) is 3.91. The van der Waals surface area contributed by atoms with E-state index < -0.39 is 5.97 Å². The van der Waals surface area contributed by atoms with Crippen LogP contribution >= 0.6 is 0 Å². The van der Waals surface area contributed by atoms with E-state index in [1.807, 2.05) is 49.5 Å². The van der Waals surface area contributed by atoms with E-state index in [-0.39, 0.29) is 6.10 Å². The van der Waals surface area contributed by atoms with Gasteiger partial charge in [0.2, 0.25) is 0 Å². The van der Waals surface area contributed by atoms with E-state index in [1.54, 1.807) is 25.4 Å². The van der Waals surface area contributed by atoms with Crippen LogP contribution in [0.5, 0.6) is 11.5 Å². The van der Waals surface area contributed by atoms with Crippen molar-refractivity contribution < 1.29 is 19.4 Å². The fraction of sp³-hybridized carbons (Fsp3) is 0.333. The van der Waals surface area contributed by atoms with Gasteiger partial charge in [-0.15, -0.1) is 0 Å². The summed E-state index contributed by atoms with van der Waals surface area (Å²) in [6.07, 6.45) is 8.84. The first-order valence-corrected chi connectivity index (χ1v) is 11.5. The molecule has 6 nitrogen and oxygen atoms in total. The van der Waals surface area contributed by atoms with Crippen LogP contribution in [0.25, 0.3) is 0 Å². The number of rotatable bonds is 9. The maximum Gasteiger partial charge on any atom is 0.336 e. The number of ether oxygens (including phenoxy) is 2. The summed E-state index contributed by atoms with van der Waals surface area (Å²) in [6.45, 7) is 2.52. The Hall–Kier alpha value is -3.54. The topological polar surface area (TPSA) is 71.9 Å². The Balaban J connectivity index is 1.80. The van der Waals surface area contributed by atoms with E-state index in [1.165, 1.54) is 12.8 Å². The molecule has 0 radical (unpaired) electrons. The zero-order valence-corrected chi connectivity index (χ0v) is 19.2. The van der Waals surface area contributed by atoms with Gasteiger partial charge in [-0.05, 0) is 73.6 Å². The molecule has 1 fully saturated rings. The third kappa shape index (κ3) is 5.11. The lowest BCUT2D eigenvalue weighted by molar-refractivity contribution is 0.0695. The van der Waals surface area contributed by atoms with Gasteiger partial charge in [0.15, 0.2) is 11.5 Å². The van der Waals surface area contributed by atoms with Gasteiger partial charge in [-0.3, -0.25) is 4.98 Å². The van der Waals surface area contributed by atoms with Gasteiger partial charge in [0.25, 0.3) is 0 Å². The number of pyridine rings is 1. The predicted octanol–water partition coefficient (Wildman–Crippen LogP) is 6.01. The van der Waals surface area contributed by atoms with Crippen LogP contribution in [0.2, 0.25) is 0 Å². The molecule has 0 aliphatic heterocycles. The molecule has 0 amide bonds. The van der Waals surface area contributed by atoms with E-state index in [4.69, 9.17) is 9.47 Å². The summed E-state index contributed by atoms with van der Waals surface area (Å²) in [6, 6.07) is 15.3. The van der Waals surface area contributed by atoms with Crippen LogP contribution in [0.15, 0.2) is 60.9 Å². The van der Waals surface area contributed by atoms with Crippen LogP contribution < -0.4 is 14.4 Å². The number of anilines is 2. The largest absolute Gasteiger partial charge is 0.493 e. The normalized spacial score (nSPS) is 13.6. The quantitative estimate of drug-likeness (QED) is 0.434. The number of benzene rings is 2. The lowest BCUT2D eigenvalue weighted by atomic mass is 10.0. The number of carbonyl (C=O) groups is 1. The SMILES string of the molecule is CCc1c(C(=O)O)cccc1N(Cc1cccnc1)c1ccc(OC)c(OC2CCCC2)c1. The Morgan fingerprint density at radius 3 is 2.61 bits per heavy atom. The summed E-state index contributed by atoms with van der Waals surface area (Å²) < 4.78 is 11.9. The molecular formula is C27H30N2O4. The molecule has 0 bridgehead atoms. The van der Waals surface area contributed by atoms with Crippen molar-refractivity contribution in [2.45, 2.75) is 51.7 Å². The maximum atomic E-state index is 11.9. The highest BCUT2D eigenvalue weighted by Crippen LogP contribution is 2.39. The summed E-state index contributed by atoms with van der Waals surface area (Å²) in [5, 5.41) is 9.77. The molecule has 1 saturated carbocycles. The van der Waals surface area contributed by atoms with Crippen LogP contribution in [-0.4, -0.2) is 29.3 Å². The smallest absolute Gasteiger partial charge is 0.336 e. The van der Waals surface area contributed by atoms with E-state index in [0.29, 0.717) is 30.0 Å². The molecule has 0 atom stereocenters. The van der Waals surface area contributed by atoms with Crippen molar-refractivity contribution in [1.82, 2.24) is 4.98 Å². The zero-order chi connectivity index (χ0) is 23.2. The van der Waals surface area contributed by atoms with Crippen LogP contribution in [-0.2, 0) is 13.0 Å². The van der Waals surface area contributed by atoms with Crippen molar-refractivity contribution in [3.63, 3.8) is 0 Å². The first kappa shape index (κ1) is 22.6. The highest BCUT2D eigenvalue weighted by atomic mass is 16.5. The number of hydrogen-bond acceptors (Lipinski definition) is 5. The number of carboxylic acids is 1. The Bertz CT molecular complexity index is 1090. The summed E-state index contributed by atoms with van der Waals surface area (Å²) >= 11 is 0. The average molecular weight is 447 g/mol. The lowest BCUT2D eigenvalue weighted by Crippen LogP contribution is -2.20. The van der Waals surface area contributed by atoms with Gasteiger partial charge in [-0.1, -0.05) is 19.1 Å². The number of methoxy groups -OCH3 is 1. The molecule has 1 aliphatic carbocycles. The van der Waals surface area contributed by atoms with Crippen molar-refractivity contribution in [1.29, 1.82) is 0 Å². The molecule has 2 aromatic carbocycles. The molecular weight excluding hydrogens is 416 g/mol. The summed E-state index contributed by atoms with van der Waals surface area (Å²) in [4.78, 5) is 18.3. The summed E-state index contributed by atoms with van der Waals surface area (Å²) in [5.74, 6) is 0.488. The van der Waals surface area contributed by atoms with Gasteiger partial charge >= 0.3 is 5.97 Å². The van der Waals surface area contributed by atoms with Crippen LogP contribution in [0, 0.1) is 0 Å². The van der Waals surface area contributed by atoms with Gasteiger partial charge in [0.05, 0.1) is 18.8 Å². The minimum absolute atomic E-state index is 0.197. The van der Waals surface area contributed by atoms with E-state index in [9.17, 15) is 9.90 Å². The van der Waals surface area contributed by atoms with E-state index >= 15 is 0 Å². The molecule has 0 unspecified atom stereocenters. The van der Waals surface area contributed by atoms with Crippen molar-refractivity contribution in [2.75, 3.05) is 12.0 Å². The molecule has 1 aliphatic rings. The van der Waals surface area contributed by atoms with Gasteiger partial charge in [0, 0.05) is 36.4 Å². The number of hydrogen-bond donors (Lipinski definition) is 1. The first-order chi connectivity index (χ1) is 16.1. The third-order valence-electron chi connectivity index (χ3n) is 6.14. The lowest BCUT2D eigenvalue weighted by Gasteiger charge is -2.29. The van der Waals surface area contributed by atoms with E-state index in [0.717, 1.165) is 35.3 Å². The maximum absolute atomic E-state index is 11.9. The minimum atomic E-state index is -0.921. The standard InChI is InChI=1S/C27H30N2O4/c1-3-22-23(27(30)31)11-6-12-24(22)29(18-19-8-7-15-28-17-19)20-13-14-25(32-2)26(16-20)33-21-9-4-5-10-21/h6-8,11-17,21H,3-5,9-10,18H2,1-2H3,(H,30,31). The van der Waals surface area contributed by atoms with Crippen LogP contribution in [0.1, 0.15) is 54.1 Å². The zero-order valence-electron chi connectivity index (χ0n) is 19.2. The molecule has 0 saturated heterocycles. The molecule has 1 heterocycles. The Morgan fingerprint density at radius 2 is 1.94 bits per heavy atom. The van der Waals surface area contributed by atoms with Crippen LogP contribution in [0.3, 0.4) is 0 Å². The Morgan fingerprint density at radius 1 is 1.12 bits per heavy atom. The second kappa shape index (κ2) is 10.4. The minimum Gasteiger partial charge on any atom is -0.493 e. The second-order valence-electron chi connectivity index (χ2n) is 8.27. The van der Waals surface area contributed by atoms with Crippen LogP contribution in [0.4, 0.5) is 11.4 Å². The Kier molecular flexibility index (Phi) is 7.13. The van der Waals surface area contributed by atoms with E-state index in [2.05, 4.69) is 9.88 Å². The number of carboxylic acid groups (broad SMARTS) is 1. The van der Waals surface area contributed by atoms with Crippen molar-refractivity contribution >= 4 is 17.3 Å². The summed E-state index contributed by atoms with van der Waals surface area (Å²) in [7, 11) is 1.65. The first-order valence-electron chi connectivity index (χ1n) is 11.5. The predicted molar refractivity (Wildman–Crippen MR) is 129 cm³/mol. The fourth-order valence-corrected chi connectivity index (χ4v) is 4.50. The number of aromatic nitrogens is 1. The monoisotopic (exact) mass is 446 g/mol. The highest BCUT2D eigenvalue weighted by Gasteiger charge is 2.22. The molecule has 0 spiro atoms. The Labute approximate surface area is 194 Å². The molecule has 1 N–H and O–H groups in total. The van der Waals surface area contributed by atoms with Gasteiger partial charge < -0.3 is 19.5 Å². The van der Waals surface area contributed by atoms with Crippen molar-refractivity contribution in [3.05, 3.63) is 77.6 Å². The number of nitrogens with zero attached hydrogens (tertiary/aromatic N) is 2. The second-order valence-corrected chi connectivity index (χ2v) is 8.27. The van der Waals surface area contributed by atoms with Gasteiger partial charge in [-0.25, -0.2) is 4.79 Å².